The molecule has 4 aromatic rings. The molecule has 0 aliphatic carbocycles. The summed E-state index contributed by atoms with van der Waals surface area (Å²) in [6.45, 7) is 2.34. The van der Waals surface area contributed by atoms with E-state index in [0.717, 1.165) is 54.1 Å². The van der Waals surface area contributed by atoms with Crippen LogP contribution in [0.2, 0.25) is 0 Å². The zero-order chi connectivity index (χ0) is 23.2. The number of anilines is 1. The van der Waals surface area contributed by atoms with Crippen molar-refractivity contribution in [2.75, 3.05) is 18.0 Å². The number of aromatic nitrogens is 4. The predicted octanol–water partition coefficient (Wildman–Crippen LogP) is 4.18. The van der Waals surface area contributed by atoms with Crippen LogP contribution in [0.4, 0.5) is 10.2 Å². The number of phenolic OH excluding ortho intramolecular Hbond substituents is 1. The molecule has 6 rings (SSSR count). The lowest BCUT2D eigenvalue weighted by Gasteiger charge is -2.41. The maximum atomic E-state index is 13.7. The number of H-pyrrole nitrogens is 1. The second kappa shape index (κ2) is 8.29. The summed E-state index contributed by atoms with van der Waals surface area (Å²) < 4.78 is 15.5. The van der Waals surface area contributed by atoms with Gasteiger partial charge in [0.1, 0.15) is 17.4 Å². The van der Waals surface area contributed by atoms with Crippen LogP contribution in [0.15, 0.2) is 61.2 Å². The topological polar surface area (TPSA) is 73.2 Å². The van der Waals surface area contributed by atoms with Crippen molar-refractivity contribution in [2.24, 2.45) is 7.05 Å². The lowest BCUT2D eigenvalue weighted by atomic mass is 10.1. The van der Waals surface area contributed by atoms with E-state index >= 15 is 0 Å². The number of phenols is 1. The molecule has 2 fully saturated rings. The second-order valence-corrected chi connectivity index (χ2v) is 9.35. The minimum atomic E-state index is -0.307. The molecule has 2 aliphatic rings. The van der Waals surface area contributed by atoms with Gasteiger partial charge in [-0.05, 0) is 49.2 Å². The molecule has 2 atom stereocenters. The van der Waals surface area contributed by atoms with E-state index in [4.69, 9.17) is 4.98 Å². The number of aryl methyl sites for hydroxylation is 1. The average molecular weight is 459 g/mol. The summed E-state index contributed by atoms with van der Waals surface area (Å²) in [6, 6.07) is 11.3. The molecule has 34 heavy (non-hydrogen) atoms. The largest absolute Gasteiger partial charge is 0.508 e. The minimum absolute atomic E-state index is 0.164. The number of rotatable bonds is 5. The number of nitrogens with zero attached hydrogens (tertiary/aromatic N) is 5. The Morgan fingerprint density at radius 3 is 2.56 bits per heavy atom. The number of aromatic hydroxyl groups is 1. The van der Waals surface area contributed by atoms with Crippen molar-refractivity contribution >= 4 is 5.82 Å². The fourth-order valence-corrected chi connectivity index (χ4v) is 5.34. The quantitative estimate of drug-likeness (QED) is 0.470. The standard InChI is InChI=1S/C26H27FN6O/c1-31-13-20(12-30-31)24-9-18(11-28-24)17-2-7-26(29-10-17)32-15-22-4-5-23(16-32)33(22)14-19-8-21(27)3-6-25(19)34/h2-3,6-13,22-23,28,34H,4-5,14-16H2,1H3. The first kappa shape index (κ1) is 20.9. The molecule has 0 saturated carbocycles. The van der Waals surface area contributed by atoms with E-state index in [1.807, 2.05) is 31.8 Å². The van der Waals surface area contributed by atoms with Gasteiger partial charge in [0.2, 0.25) is 0 Å². The highest BCUT2D eigenvalue weighted by atomic mass is 19.1. The normalized spacial score (nSPS) is 20.2. The van der Waals surface area contributed by atoms with Crippen molar-refractivity contribution in [2.45, 2.75) is 31.5 Å². The molecular formula is C26H27FN6O. The summed E-state index contributed by atoms with van der Waals surface area (Å²) in [5.41, 5.74) is 4.91. The van der Waals surface area contributed by atoms with Gasteiger partial charge in [0.25, 0.3) is 0 Å². The third kappa shape index (κ3) is 3.84. The number of fused-ring (bicyclic) bond motifs is 2. The first-order chi connectivity index (χ1) is 16.5. The number of pyridine rings is 1. The van der Waals surface area contributed by atoms with Gasteiger partial charge in [0, 0.05) is 85.3 Å². The van der Waals surface area contributed by atoms with E-state index in [0.29, 0.717) is 24.2 Å². The molecule has 8 heteroatoms. The summed E-state index contributed by atoms with van der Waals surface area (Å²) in [4.78, 5) is 12.9. The van der Waals surface area contributed by atoms with E-state index in [9.17, 15) is 9.50 Å². The summed E-state index contributed by atoms with van der Waals surface area (Å²) >= 11 is 0. The van der Waals surface area contributed by atoms with Gasteiger partial charge in [0.05, 0.1) is 6.20 Å². The monoisotopic (exact) mass is 458 g/mol. The third-order valence-electron chi connectivity index (χ3n) is 7.13. The summed E-state index contributed by atoms with van der Waals surface area (Å²) in [5, 5.41) is 14.4. The van der Waals surface area contributed by atoms with Crippen LogP contribution in [0.5, 0.6) is 5.75 Å². The number of hydrogen-bond donors (Lipinski definition) is 2. The van der Waals surface area contributed by atoms with Crippen LogP contribution in [-0.4, -0.2) is 54.9 Å². The van der Waals surface area contributed by atoms with E-state index in [-0.39, 0.29) is 11.6 Å². The number of aromatic amines is 1. The molecule has 2 N–H and O–H groups in total. The van der Waals surface area contributed by atoms with Gasteiger partial charge in [-0.2, -0.15) is 5.10 Å². The second-order valence-electron chi connectivity index (χ2n) is 9.35. The fraction of sp³-hybridized carbons (Fsp3) is 0.308. The Bertz CT molecular complexity index is 1300. The molecule has 0 radical (unpaired) electrons. The molecule has 7 nitrogen and oxygen atoms in total. The molecule has 0 spiro atoms. The number of piperazine rings is 1. The Morgan fingerprint density at radius 2 is 1.85 bits per heavy atom. The number of hydrogen-bond acceptors (Lipinski definition) is 5. The number of benzene rings is 1. The van der Waals surface area contributed by atoms with Crippen molar-refractivity contribution < 1.29 is 9.50 Å². The van der Waals surface area contributed by atoms with E-state index < -0.39 is 0 Å². The highest BCUT2D eigenvalue weighted by molar-refractivity contribution is 5.71. The van der Waals surface area contributed by atoms with Gasteiger partial charge in [-0.1, -0.05) is 0 Å². The minimum Gasteiger partial charge on any atom is -0.508 e. The van der Waals surface area contributed by atoms with Crippen molar-refractivity contribution in [3.8, 4) is 28.1 Å². The van der Waals surface area contributed by atoms with Crippen LogP contribution in [0.25, 0.3) is 22.4 Å². The zero-order valence-corrected chi connectivity index (χ0v) is 19.0. The predicted molar refractivity (Wildman–Crippen MR) is 129 cm³/mol. The first-order valence-electron chi connectivity index (χ1n) is 11.7. The van der Waals surface area contributed by atoms with Crippen LogP contribution in [0, 0.1) is 5.82 Å². The Kier molecular flexibility index (Phi) is 5.10. The van der Waals surface area contributed by atoms with Gasteiger partial charge in [-0.25, -0.2) is 9.37 Å². The van der Waals surface area contributed by atoms with Crippen molar-refractivity contribution in [1.29, 1.82) is 0 Å². The van der Waals surface area contributed by atoms with E-state index in [1.54, 1.807) is 4.68 Å². The van der Waals surface area contributed by atoms with Crippen molar-refractivity contribution in [1.82, 2.24) is 24.6 Å². The summed E-state index contributed by atoms with van der Waals surface area (Å²) in [7, 11) is 1.91. The molecule has 2 aliphatic heterocycles. The van der Waals surface area contributed by atoms with Crippen LogP contribution < -0.4 is 4.90 Å². The van der Waals surface area contributed by atoms with Crippen LogP contribution in [-0.2, 0) is 13.6 Å². The zero-order valence-electron chi connectivity index (χ0n) is 19.0. The lowest BCUT2D eigenvalue weighted by molar-refractivity contribution is 0.158. The summed E-state index contributed by atoms with van der Waals surface area (Å²) in [6.07, 6.45) is 9.98. The molecule has 1 aromatic carbocycles. The Morgan fingerprint density at radius 1 is 1.03 bits per heavy atom. The fourth-order valence-electron chi connectivity index (χ4n) is 5.34. The number of halogens is 1. The number of nitrogens with one attached hydrogen (secondary N) is 1. The van der Waals surface area contributed by atoms with Gasteiger partial charge in [0.15, 0.2) is 0 Å². The molecule has 174 valence electrons. The first-order valence-corrected chi connectivity index (χ1v) is 11.7. The molecular weight excluding hydrogens is 431 g/mol. The van der Waals surface area contributed by atoms with Gasteiger partial charge < -0.3 is 15.0 Å². The molecule has 2 saturated heterocycles. The maximum absolute atomic E-state index is 13.7. The van der Waals surface area contributed by atoms with Crippen molar-refractivity contribution in [3.05, 3.63) is 72.6 Å². The molecule has 0 amide bonds. The van der Waals surface area contributed by atoms with Crippen molar-refractivity contribution in [3.63, 3.8) is 0 Å². The van der Waals surface area contributed by atoms with E-state index in [2.05, 4.69) is 38.1 Å². The SMILES string of the molecule is Cn1cc(-c2cc(-c3ccc(N4CC5CCC(C4)N5Cc4cc(F)ccc4O)nc3)c[nH]2)cn1. The molecule has 2 unspecified atom stereocenters. The van der Waals surface area contributed by atoms with Gasteiger partial charge >= 0.3 is 0 Å². The Labute approximate surface area is 197 Å². The molecule has 5 heterocycles. The maximum Gasteiger partial charge on any atom is 0.128 e. The third-order valence-corrected chi connectivity index (χ3v) is 7.13. The summed E-state index contributed by atoms with van der Waals surface area (Å²) in [5.74, 6) is 0.840. The lowest BCUT2D eigenvalue weighted by Crippen LogP contribution is -2.53. The van der Waals surface area contributed by atoms with Gasteiger partial charge in [-0.15, -0.1) is 0 Å². The van der Waals surface area contributed by atoms with Crippen LogP contribution in [0.1, 0.15) is 18.4 Å². The smallest absolute Gasteiger partial charge is 0.128 e. The van der Waals surface area contributed by atoms with Gasteiger partial charge in [-0.3, -0.25) is 9.58 Å². The molecule has 2 bridgehead atoms. The highest BCUT2D eigenvalue weighted by Gasteiger charge is 2.40. The van der Waals surface area contributed by atoms with E-state index in [1.165, 1.54) is 18.2 Å². The average Bonchev–Trinajstić information content (AvgIpc) is 3.54. The van der Waals surface area contributed by atoms with Crippen LogP contribution in [0.3, 0.4) is 0 Å². The highest BCUT2D eigenvalue weighted by Crippen LogP contribution is 2.35. The van der Waals surface area contributed by atoms with Crippen LogP contribution >= 0.6 is 0 Å². The Hall–Kier alpha value is -3.65. The molecule has 3 aromatic heterocycles. The Balaban J connectivity index is 1.15.